The van der Waals surface area contributed by atoms with E-state index in [1.807, 2.05) is 12.1 Å². The molecule has 140 valence electrons. The Bertz CT molecular complexity index is 1170. The Morgan fingerprint density at radius 3 is 2.70 bits per heavy atom. The summed E-state index contributed by atoms with van der Waals surface area (Å²) in [6, 6.07) is 9.98. The second-order valence-electron chi connectivity index (χ2n) is 6.56. The van der Waals surface area contributed by atoms with Crippen molar-refractivity contribution in [2.45, 2.75) is 6.04 Å². The van der Waals surface area contributed by atoms with Crippen LogP contribution in [-0.2, 0) is 10.2 Å². The van der Waals surface area contributed by atoms with Crippen LogP contribution in [0.2, 0.25) is 5.02 Å². The topological polar surface area (TPSA) is 76.6 Å². The van der Waals surface area contributed by atoms with Crippen LogP contribution in [0.15, 0.2) is 48.8 Å². The van der Waals surface area contributed by atoms with Crippen LogP contribution in [0.5, 0.6) is 5.75 Å². The largest absolute Gasteiger partial charge is 0.506 e. The van der Waals surface area contributed by atoms with Gasteiger partial charge in [-0.25, -0.2) is 0 Å². The predicted octanol–water partition coefficient (Wildman–Crippen LogP) is 3.71. The number of fused-ring (bicyclic) bond motifs is 2. The minimum absolute atomic E-state index is 0.110. The lowest BCUT2D eigenvalue weighted by atomic mass is 9.92. The van der Waals surface area contributed by atoms with E-state index >= 15 is 0 Å². The van der Waals surface area contributed by atoms with Crippen molar-refractivity contribution in [2.75, 3.05) is 14.1 Å². The molecule has 0 aliphatic carbocycles. The molecule has 4 rings (SSSR count). The van der Waals surface area contributed by atoms with Crippen molar-refractivity contribution >= 4 is 38.8 Å². The third-order valence-electron chi connectivity index (χ3n) is 4.75. The van der Waals surface area contributed by atoms with Gasteiger partial charge in [-0.15, -0.1) is 0 Å². The number of halogens is 1. The number of aromatic hydroxyl groups is 1. The Kier molecular flexibility index (Phi) is 4.18. The standard InChI is InChI=1S/C19H18ClN3O3S/c1-22(2)27(25,26)23-9-8-12-6-7-13(20)10-15(12)19(23)16-11-21-18-14(16)4-3-5-17(18)24/h3-11,19,21,24H,1-2H3. The zero-order valence-corrected chi connectivity index (χ0v) is 16.3. The number of nitrogens with zero attached hydrogens (tertiary/aromatic N) is 2. The molecule has 0 fully saturated rings. The first-order chi connectivity index (χ1) is 12.8. The van der Waals surface area contributed by atoms with Gasteiger partial charge in [0.05, 0.1) is 11.6 Å². The highest BCUT2D eigenvalue weighted by Crippen LogP contribution is 2.42. The Morgan fingerprint density at radius 2 is 1.96 bits per heavy atom. The van der Waals surface area contributed by atoms with Crippen molar-refractivity contribution in [3.05, 3.63) is 70.5 Å². The van der Waals surface area contributed by atoms with E-state index in [0.29, 0.717) is 10.5 Å². The van der Waals surface area contributed by atoms with Gasteiger partial charge in [-0.3, -0.25) is 4.31 Å². The molecule has 1 aliphatic rings. The molecule has 27 heavy (non-hydrogen) atoms. The van der Waals surface area contributed by atoms with E-state index in [9.17, 15) is 13.5 Å². The molecule has 6 nitrogen and oxygen atoms in total. The summed E-state index contributed by atoms with van der Waals surface area (Å²) in [4.78, 5) is 3.06. The average molecular weight is 404 g/mol. The van der Waals surface area contributed by atoms with Crippen LogP contribution >= 0.6 is 11.6 Å². The number of nitrogens with one attached hydrogen (secondary N) is 1. The molecule has 3 aromatic rings. The van der Waals surface area contributed by atoms with E-state index in [1.54, 1.807) is 42.7 Å². The normalized spacial score (nSPS) is 16.9. The summed E-state index contributed by atoms with van der Waals surface area (Å²) in [7, 11) is -0.759. The van der Waals surface area contributed by atoms with E-state index in [1.165, 1.54) is 22.7 Å². The maximum Gasteiger partial charge on any atom is 0.303 e. The van der Waals surface area contributed by atoms with Crippen LogP contribution < -0.4 is 0 Å². The molecule has 0 saturated carbocycles. The van der Waals surface area contributed by atoms with E-state index in [4.69, 9.17) is 11.6 Å². The van der Waals surface area contributed by atoms with Crippen molar-refractivity contribution in [1.82, 2.24) is 13.6 Å². The number of H-pyrrole nitrogens is 1. The van der Waals surface area contributed by atoms with Gasteiger partial charge in [-0.05, 0) is 35.4 Å². The number of rotatable bonds is 3. The molecule has 1 unspecified atom stereocenters. The molecule has 1 aromatic heterocycles. The number of hydrogen-bond acceptors (Lipinski definition) is 3. The first-order valence-electron chi connectivity index (χ1n) is 8.28. The van der Waals surface area contributed by atoms with Crippen LogP contribution in [0.25, 0.3) is 17.0 Å². The fourth-order valence-corrected chi connectivity index (χ4v) is 4.67. The second kappa shape index (κ2) is 6.30. The molecule has 1 atom stereocenters. The third-order valence-corrected chi connectivity index (χ3v) is 6.77. The van der Waals surface area contributed by atoms with Crippen molar-refractivity contribution in [2.24, 2.45) is 0 Å². The fourth-order valence-electron chi connectivity index (χ4n) is 3.40. The quantitative estimate of drug-likeness (QED) is 0.699. The number of aromatic nitrogens is 1. The Hall–Kier alpha value is -2.48. The van der Waals surface area contributed by atoms with Crippen molar-refractivity contribution in [3.63, 3.8) is 0 Å². The minimum atomic E-state index is -3.75. The van der Waals surface area contributed by atoms with Gasteiger partial charge in [-0.2, -0.15) is 12.7 Å². The summed E-state index contributed by atoms with van der Waals surface area (Å²) < 4.78 is 28.5. The lowest BCUT2D eigenvalue weighted by molar-refractivity contribution is 0.403. The van der Waals surface area contributed by atoms with Gasteiger partial charge in [0.1, 0.15) is 5.75 Å². The van der Waals surface area contributed by atoms with Gasteiger partial charge in [0, 0.05) is 42.5 Å². The fraction of sp³-hybridized carbons (Fsp3) is 0.158. The van der Waals surface area contributed by atoms with Gasteiger partial charge in [0.15, 0.2) is 0 Å². The first kappa shape index (κ1) is 17.9. The number of hydrogen-bond donors (Lipinski definition) is 2. The van der Waals surface area contributed by atoms with Crippen LogP contribution in [0, 0.1) is 0 Å². The number of phenols is 1. The third kappa shape index (κ3) is 2.79. The molecule has 1 aliphatic heterocycles. The molecule has 0 bridgehead atoms. The van der Waals surface area contributed by atoms with Gasteiger partial charge < -0.3 is 10.1 Å². The molecule has 2 N–H and O–H groups in total. The lowest BCUT2D eigenvalue weighted by Crippen LogP contribution is -2.40. The number of phenolic OH excluding ortho intramolecular Hbond substituents is 1. The van der Waals surface area contributed by atoms with Crippen LogP contribution in [0.1, 0.15) is 22.7 Å². The van der Waals surface area contributed by atoms with Crippen molar-refractivity contribution in [3.8, 4) is 5.75 Å². The Morgan fingerprint density at radius 1 is 1.19 bits per heavy atom. The van der Waals surface area contributed by atoms with Crippen LogP contribution in [0.4, 0.5) is 0 Å². The molecular formula is C19H18ClN3O3S. The zero-order valence-electron chi connectivity index (χ0n) is 14.7. The van der Waals surface area contributed by atoms with Gasteiger partial charge in [0.2, 0.25) is 0 Å². The highest BCUT2D eigenvalue weighted by Gasteiger charge is 2.36. The minimum Gasteiger partial charge on any atom is -0.506 e. The van der Waals surface area contributed by atoms with E-state index in [0.717, 1.165) is 22.1 Å². The van der Waals surface area contributed by atoms with E-state index in [-0.39, 0.29) is 5.75 Å². The maximum absolute atomic E-state index is 13.0. The molecule has 2 aromatic carbocycles. The lowest BCUT2D eigenvalue weighted by Gasteiger charge is -2.35. The Labute approximate surface area is 162 Å². The van der Waals surface area contributed by atoms with Crippen LogP contribution in [-0.4, -0.2) is 41.2 Å². The van der Waals surface area contributed by atoms with Crippen molar-refractivity contribution in [1.29, 1.82) is 0 Å². The number of para-hydroxylation sites is 1. The average Bonchev–Trinajstić information content (AvgIpc) is 3.05. The maximum atomic E-state index is 13.0. The molecule has 0 amide bonds. The first-order valence-corrected chi connectivity index (χ1v) is 10.1. The highest BCUT2D eigenvalue weighted by molar-refractivity contribution is 7.86. The summed E-state index contributed by atoms with van der Waals surface area (Å²) in [5, 5.41) is 11.4. The highest BCUT2D eigenvalue weighted by atomic mass is 35.5. The summed E-state index contributed by atoms with van der Waals surface area (Å²) in [6.07, 6.45) is 5.06. The Balaban J connectivity index is 2.01. The van der Waals surface area contributed by atoms with Crippen LogP contribution in [0.3, 0.4) is 0 Å². The number of aromatic amines is 1. The van der Waals surface area contributed by atoms with E-state index in [2.05, 4.69) is 4.98 Å². The molecule has 8 heteroatoms. The summed E-state index contributed by atoms with van der Waals surface area (Å²) in [5.74, 6) is 0.110. The molecule has 2 heterocycles. The molecular weight excluding hydrogens is 386 g/mol. The van der Waals surface area contributed by atoms with Gasteiger partial charge >= 0.3 is 10.2 Å². The second-order valence-corrected chi connectivity index (χ2v) is 9.04. The summed E-state index contributed by atoms with van der Waals surface area (Å²) in [5.41, 5.74) is 2.97. The molecule has 0 radical (unpaired) electrons. The summed E-state index contributed by atoms with van der Waals surface area (Å²) in [6.45, 7) is 0. The van der Waals surface area contributed by atoms with E-state index < -0.39 is 16.3 Å². The van der Waals surface area contributed by atoms with Gasteiger partial charge in [0.25, 0.3) is 0 Å². The SMILES string of the molecule is CN(C)S(=O)(=O)N1C=Cc2ccc(Cl)cc2C1c1c[nH]c2c(O)cccc12. The van der Waals surface area contributed by atoms with Crippen molar-refractivity contribution < 1.29 is 13.5 Å². The molecule has 0 saturated heterocycles. The molecule has 0 spiro atoms. The monoisotopic (exact) mass is 403 g/mol. The smallest absolute Gasteiger partial charge is 0.303 e. The summed E-state index contributed by atoms with van der Waals surface area (Å²) >= 11 is 6.22. The predicted molar refractivity (Wildman–Crippen MR) is 107 cm³/mol. The zero-order chi connectivity index (χ0) is 19.3. The number of benzene rings is 2. The van der Waals surface area contributed by atoms with Gasteiger partial charge in [-0.1, -0.05) is 29.8 Å².